The zero-order valence-electron chi connectivity index (χ0n) is 5.62. The molecule has 0 N–H and O–H groups in total. The average Bonchev–Trinajstić information content (AvgIpc) is 1.97. The highest BCUT2D eigenvalue weighted by Crippen LogP contribution is 2.32. The molecule has 0 radical (unpaired) electrons. The normalized spacial score (nSPS) is 9.92. The van der Waals surface area contributed by atoms with Crippen LogP contribution in [0.1, 0.15) is 0 Å². The van der Waals surface area contributed by atoms with E-state index in [9.17, 15) is 14.5 Å². The van der Waals surface area contributed by atoms with Crippen LogP contribution in [-0.2, 0) is 0 Å². The molecule has 0 aromatic heterocycles. The van der Waals surface area contributed by atoms with E-state index in [0.29, 0.717) is 4.47 Å². The third-order valence-electron chi connectivity index (χ3n) is 1.24. The minimum absolute atomic E-state index is 0.000000000000000222. The molecule has 0 atom stereocenters. The van der Waals surface area contributed by atoms with Crippen LogP contribution in [0.5, 0.6) is 0 Å². The maximum atomic E-state index is 12.8. The lowest BCUT2D eigenvalue weighted by Crippen LogP contribution is -1.94. The highest BCUT2D eigenvalue weighted by Gasteiger charge is 2.19. The average molecular weight is 252 g/mol. The Morgan fingerprint density at radius 3 is 2.58 bits per heavy atom. The van der Waals surface area contributed by atoms with Gasteiger partial charge in [0.05, 0.1) is 9.82 Å². The summed E-state index contributed by atoms with van der Waals surface area (Å²) >= 11 is 6.79. The van der Waals surface area contributed by atoms with Crippen molar-refractivity contribution in [3.8, 4) is 0 Å². The molecule has 1 aromatic carbocycles. The van der Waals surface area contributed by atoms with E-state index in [4.69, 9.17) is 0 Å². The van der Waals surface area contributed by atoms with Crippen molar-refractivity contribution in [3.05, 3.63) is 32.5 Å². The molecular weight excluding hydrogens is 249 g/mol. The monoisotopic (exact) mass is 251 g/mol. The van der Waals surface area contributed by atoms with Gasteiger partial charge in [0.2, 0.25) is 5.82 Å². The molecule has 3 nitrogen and oxygen atoms in total. The number of benzene rings is 1. The van der Waals surface area contributed by atoms with Crippen molar-refractivity contribution in [2.75, 3.05) is 0 Å². The van der Waals surface area contributed by atoms with Gasteiger partial charge in [0.25, 0.3) is 0 Å². The minimum Gasteiger partial charge on any atom is -0.258 e. The maximum absolute atomic E-state index is 12.8. The highest BCUT2D eigenvalue weighted by molar-refractivity contribution is 9.10. The summed E-state index contributed by atoms with van der Waals surface area (Å²) in [6, 6.07) is 2.38. The van der Waals surface area contributed by atoms with Crippen LogP contribution in [0.15, 0.2) is 21.5 Å². The molecule has 0 heterocycles. The zero-order valence-corrected chi connectivity index (χ0v) is 8.10. The molecule has 0 unspecified atom stereocenters. The van der Waals surface area contributed by atoms with Crippen LogP contribution in [0.3, 0.4) is 0 Å². The predicted molar refractivity (Wildman–Crippen MR) is 48.0 cm³/mol. The van der Waals surface area contributed by atoms with Crippen LogP contribution in [-0.4, -0.2) is 4.92 Å². The molecule has 6 heteroatoms. The van der Waals surface area contributed by atoms with Crippen molar-refractivity contribution < 1.29 is 9.31 Å². The summed E-state index contributed by atoms with van der Waals surface area (Å²) in [5, 5.41) is 10.3. The Morgan fingerprint density at radius 2 is 2.17 bits per heavy atom. The number of thiol groups is 1. The largest absolute Gasteiger partial charge is 0.319 e. The molecule has 0 fully saturated rings. The van der Waals surface area contributed by atoms with Crippen LogP contribution in [0.4, 0.5) is 10.1 Å². The van der Waals surface area contributed by atoms with Crippen molar-refractivity contribution in [2.24, 2.45) is 0 Å². The molecule has 0 amide bonds. The minimum atomic E-state index is -0.881. The molecule has 0 aliphatic rings. The molecule has 0 bridgehead atoms. The number of hydrogen-bond donors (Lipinski definition) is 1. The van der Waals surface area contributed by atoms with Gasteiger partial charge >= 0.3 is 5.69 Å². The molecule has 0 aliphatic heterocycles. The van der Waals surface area contributed by atoms with Crippen molar-refractivity contribution in [3.63, 3.8) is 0 Å². The third-order valence-corrected chi connectivity index (χ3v) is 2.66. The lowest BCUT2D eigenvalue weighted by molar-refractivity contribution is -0.390. The summed E-state index contributed by atoms with van der Waals surface area (Å²) in [6.45, 7) is 0. The lowest BCUT2D eigenvalue weighted by atomic mass is 10.3. The number of rotatable bonds is 1. The standard InChI is InChI=1S/C6H3BrFNO2S/c7-3-1-2-4(8)5(6(3)12)9(10)11/h1-2,12H. The molecular formula is C6H3BrFNO2S. The van der Waals surface area contributed by atoms with Gasteiger partial charge in [-0.1, -0.05) is 0 Å². The van der Waals surface area contributed by atoms with Crippen molar-refractivity contribution in [2.45, 2.75) is 4.90 Å². The van der Waals surface area contributed by atoms with Crippen LogP contribution < -0.4 is 0 Å². The second-order valence-corrected chi connectivity index (χ2v) is 3.29. The Hall–Kier alpha value is -0.620. The van der Waals surface area contributed by atoms with Gasteiger partial charge in [-0.2, -0.15) is 4.39 Å². The number of halogens is 2. The Morgan fingerprint density at radius 1 is 1.58 bits per heavy atom. The summed E-state index contributed by atoms with van der Waals surface area (Å²) in [7, 11) is 0. The van der Waals surface area contributed by atoms with E-state index < -0.39 is 16.4 Å². The first-order valence-corrected chi connectivity index (χ1v) is 4.09. The fraction of sp³-hybridized carbons (Fsp3) is 0. The molecule has 0 aliphatic carbocycles. The van der Waals surface area contributed by atoms with Gasteiger partial charge in [0.1, 0.15) is 0 Å². The van der Waals surface area contributed by atoms with E-state index in [1.165, 1.54) is 6.07 Å². The summed E-state index contributed by atoms with van der Waals surface area (Å²) in [6.07, 6.45) is 0. The first-order chi connectivity index (χ1) is 5.54. The van der Waals surface area contributed by atoms with Crippen LogP contribution in [0, 0.1) is 15.9 Å². The van der Waals surface area contributed by atoms with Gasteiger partial charge in [-0.25, -0.2) is 0 Å². The van der Waals surface area contributed by atoms with Gasteiger partial charge in [-0.3, -0.25) is 10.1 Å². The van der Waals surface area contributed by atoms with Crippen molar-refractivity contribution in [1.29, 1.82) is 0 Å². The highest BCUT2D eigenvalue weighted by atomic mass is 79.9. The molecule has 0 saturated carbocycles. The van der Waals surface area contributed by atoms with Crippen molar-refractivity contribution >= 4 is 34.2 Å². The SMILES string of the molecule is O=[N+]([O-])c1c(F)ccc(Br)c1S. The van der Waals surface area contributed by atoms with Gasteiger partial charge < -0.3 is 0 Å². The summed E-state index contributed by atoms with van der Waals surface area (Å²) in [5.41, 5.74) is -0.604. The first-order valence-electron chi connectivity index (χ1n) is 2.85. The number of hydrogen-bond acceptors (Lipinski definition) is 3. The van der Waals surface area contributed by atoms with E-state index in [1.54, 1.807) is 0 Å². The lowest BCUT2D eigenvalue weighted by Gasteiger charge is -1.98. The topological polar surface area (TPSA) is 43.1 Å². The second-order valence-electron chi connectivity index (χ2n) is 1.98. The maximum Gasteiger partial charge on any atom is 0.319 e. The molecule has 1 rings (SSSR count). The quantitative estimate of drug-likeness (QED) is 0.474. The number of nitrogens with zero attached hydrogens (tertiary/aromatic N) is 1. The molecule has 1 aromatic rings. The predicted octanol–water partition coefficient (Wildman–Crippen LogP) is 2.79. The van der Waals surface area contributed by atoms with Crippen LogP contribution >= 0.6 is 28.6 Å². The van der Waals surface area contributed by atoms with Gasteiger partial charge in [0.15, 0.2) is 0 Å². The molecule has 12 heavy (non-hydrogen) atoms. The second kappa shape index (κ2) is 3.40. The number of nitro groups is 1. The zero-order chi connectivity index (χ0) is 9.30. The molecule has 0 spiro atoms. The Kier molecular flexibility index (Phi) is 2.69. The van der Waals surface area contributed by atoms with Crippen molar-refractivity contribution in [1.82, 2.24) is 0 Å². The Bertz CT molecular complexity index is 345. The van der Waals surface area contributed by atoms with E-state index in [0.717, 1.165) is 6.07 Å². The summed E-state index contributed by atoms with van der Waals surface area (Å²) < 4.78 is 13.2. The van der Waals surface area contributed by atoms with Gasteiger partial charge in [0, 0.05) is 4.47 Å². The van der Waals surface area contributed by atoms with Crippen LogP contribution in [0.25, 0.3) is 0 Å². The Balaban J connectivity index is 3.43. The first kappa shape index (κ1) is 9.47. The van der Waals surface area contributed by atoms with Gasteiger partial charge in [-0.05, 0) is 28.1 Å². The van der Waals surface area contributed by atoms with E-state index >= 15 is 0 Å². The number of nitro benzene ring substituents is 1. The smallest absolute Gasteiger partial charge is 0.258 e. The fourth-order valence-electron chi connectivity index (χ4n) is 0.704. The fourth-order valence-corrected chi connectivity index (χ4v) is 1.29. The summed E-state index contributed by atoms with van der Waals surface area (Å²) in [5.74, 6) is -0.881. The van der Waals surface area contributed by atoms with Gasteiger partial charge in [-0.15, -0.1) is 12.6 Å². The van der Waals surface area contributed by atoms with E-state index in [1.807, 2.05) is 0 Å². The summed E-state index contributed by atoms with van der Waals surface area (Å²) in [4.78, 5) is 9.49. The third kappa shape index (κ3) is 1.59. The Labute approximate surface area is 81.3 Å². The molecule has 64 valence electrons. The molecule has 0 saturated heterocycles. The van der Waals surface area contributed by atoms with E-state index in [-0.39, 0.29) is 4.90 Å². The van der Waals surface area contributed by atoms with Crippen LogP contribution in [0.2, 0.25) is 0 Å². The van der Waals surface area contributed by atoms with E-state index in [2.05, 4.69) is 28.6 Å².